The van der Waals surface area contributed by atoms with Crippen LogP contribution >= 0.6 is 15.9 Å². The number of anilines is 1. The SMILES string of the molecule is CCN(CC)S(=O)(=O)Nc1cccc(Br)c1O. The van der Waals surface area contributed by atoms with Crippen LogP contribution in [0.15, 0.2) is 22.7 Å². The molecule has 0 aliphatic carbocycles. The molecule has 0 saturated carbocycles. The van der Waals surface area contributed by atoms with Crippen molar-refractivity contribution >= 4 is 31.8 Å². The number of para-hydroxylation sites is 1. The van der Waals surface area contributed by atoms with Crippen molar-refractivity contribution in [2.75, 3.05) is 17.8 Å². The molecule has 17 heavy (non-hydrogen) atoms. The first-order valence-electron chi connectivity index (χ1n) is 5.17. The number of halogens is 1. The Hall–Kier alpha value is -0.790. The monoisotopic (exact) mass is 322 g/mol. The van der Waals surface area contributed by atoms with E-state index in [-0.39, 0.29) is 11.4 Å². The molecular weight excluding hydrogens is 308 g/mol. The van der Waals surface area contributed by atoms with Gasteiger partial charge >= 0.3 is 10.2 Å². The number of aromatic hydroxyl groups is 1. The van der Waals surface area contributed by atoms with Crippen LogP contribution < -0.4 is 4.72 Å². The topological polar surface area (TPSA) is 69.6 Å². The van der Waals surface area contributed by atoms with Crippen molar-refractivity contribution in [3.05, 3.63) is 22.7 Å². The maximum absolute atomic E-state index is 11.9. The molecule has 0 aromatic heterocycles. The number of hydrogen-bond donors (Lipinski definition) is 2. The molecule has 2 N–H and O–H groups in total. The summed E-state index contributed by atoms with van der Waals surface area (Å²) in [5.41, 5.74) is 0.159. The van der Waals surface area contributed by atoms with Crippen LogP contribution in [0.25, 0.3) is 0 Å². The average Bonchev–Trinajstić information content (AvgIpc) is 2.26. The Bertz CT molecular complexity index is 486. The highest BCUT2D eigenvalue weighted by Crippen LogP contribution is 2.32. The molecule has 7 heteroatoms. The van der Waals surface area contributed by atoms with Gasteiger partial charge in [-0.05, 0) is 28.1 Å². The van der Waals surface area contributed by atoms with Crippen LogP contribution in [0.4, 0.5) is 5.69 Å². The van der Waals surface area contributed by atoms with Gasteiger partial charge in [0.15, 0.2) is 5.75 Å². The van der Waals surface area contributed by atoms with E-state index >= 15 is 0 Å². The van der Waals surface area contributed by atoms with Crippen LogP contribution in [-0.4, -0.2) is 30.9 Å². The summed E-state index contributed by atoms with van der Waals surface area (Å²) in [5.74, 6) is -0.122. The summed E-state index contributed by atoms with van der Waals surface area (Å²) in [6, 6.07) is 4.77. The van der Waals surface area contributed by atoms with E-state index in [0.717, 1.165) is 0 Å². The summed E-state index contributed by atoms with van der Waals surface area (Å²) in [5, 5.41) is 9.70. The molecule has 5 nitrogen and oxygen atoms in total. The third-order valence-corrected chi connectivity index (χ3v) is 4.59. The molecule has 0 bridgehead atoms. The third-order valence-electron chi connectivity index (χ3n) is 2.27. The molecular formula is C10H15BrN2O3S. The number of phenolic OH excluding ortho intramolecular Hbond substituents is 1. The maximum Gasteiger partial charge on any atom is 0.301 e. The Morgan fingerprint density at radius 2 is 1.94 bits per heavy atom. The lowest BCUT2D eigenvalue weighted by Gasteiger charge is -2.19. The van der Waals surface area contributed by atoms with Crippen molar-refractivity contribution in [2.24, 2.45) is 0 Å². The van der Waals surface area contributed by atoms with Gasteiger partial charge in [-0.1, -0.05) is 19.9 Å². The molecule has 0 aliphatic rings. The van der Waals surface area contributed by atoms with Gasteiger partial charge in [0.1, 0.15) is 0 Å². The minimum Gasteiger partial charge on any atom is -0.505 e. The highest BCUT2D eigenvalue weighted by Gasteiger charge is 2.20. The molecule has 0 atom stereocenters. The normalized spacial score (nSPS) is 11.8. The highest BCUT2D eigenvalue weighted by molar-refractivity contribution is 9.10. The van der Waals surface area contributed by atoms with Crippen LogP contribution in [0.1, 0.15) is 13.8 Å². The zero-order valence-corrected chi connectivity index (χ0v) is 12.0. The summed E-state index contributed by atoms with van der Waals surface area (Å²) in [7, 11) is -3.61. The van der Waals surface area contributed by atoms with Crippen LogP contribution in [0, 0.1) is 0 Å². The van der Waals surface area contributed by atoms with Gasteiger partial charge in [-0.15, -0.1) is 0 Å². The van der Waals surface area contributed by atoms with Crippen molar-refractivity contribution in [1.29, 1.82) is 0 Å². The van der Waals surface area contributed by atoms with E-state index < -0.39 is 10.2 Å². The minimum absolute atomic E-state index is 0.122. The van der Waals surface area contributed by atoms with Gasteiger partial charge in [-0.2, -0.15) is 12.7 Å². The number of benzene rings is 1. The van der Waals surface area contributed by atoms with Gasteiger partial charge < -0.3 is 5.11 Å². The molecule has 1 aromatic carbocycles. The highest BCUT2D eigenvalue weighted by atomic mass is 79.9. The van der Waals surface area contributed by atoms with Crippen molar-refractivity contribution in [3.8, 4) is 5.75 Å². The second-order valence-corrected chi connectivity index (χ2v) is 5.85. The number of phenols is 1. The molecule has 0 fully saturated rings. The molecule has 0 aliphatic heterocycles. The van der Waals surface area contributed by atoms with Gasteiger partial charge in [-0.25, -0.2) is 0 Å². The lowest BCUT2D eigenvalue weighted by molar-refractivity contribution is 0.448. The van der Waals surface area contributed by atoms with Gasteiger partial charge in [0.25, 0.3) is 0 Å². The minimum atomic E-state index is -3.61. The van der Waals surface area contributed by atoms with E-state index in [1.165, 1.54) is 10.4 Å². The van der Waals surface area contributed by atoms with Crippen molar-refractivity contribution < 1.29 is 13.5 Å². The Balaban J connectivity index is 3.02. The lowest BCUT2D eigenvalue weighted by Crippen LogP contribution is -2.35. The first-order chi connectivity index (χ1) is 7.92. The molecule has 1 rings (SSSR count). The van der Waals surface area contributed by atoms with E-state index in [2.05, 4.69) is 20.7 Å². The Labute approximate surface area is 110 Å². The summed E-state index contributed by atoms with van der Waals surface area (Å²) >= 11 is 3.13. The number of nitrogens with zero attached hydrogens (tertiary/aromatic N) is 1. The number of rotatable bonds is 5. The van der Waals surface area contributed by atoms with Gasteiger partial charge in [0.05, 0.1) is 10.2 Å². The Morgan fingerprint density at radius 3 is 2.47 bits per heavy atom. The summed E-state index contributed by atoms with van der Waals surface area (Å²) in [6.07, 6.45) is 0. The second-order valence-electron chi connectivity index (χ2n) is 3.33. The number of hydrogen-bond acceptors (Lipinski definition) is 3. The molecule has 0 amide bonds. The predicted molar refractivity (Wildman–Crippen MR) is 71.3 cm³/mol. The first kappa shape index (κ1) is 14.3. The van der Waals surface area contributed by atoms with Crippen molar-refractivity contribution in [3.63, 3.8) is 0 Å². The van der Waals surface area contributed by atoms with E-state index in [0.29, 0.717) is 17.6 Å². The smallest absolute Gasteiger partial charge is 0.301 e. The fraction of sp³-hybridized carbons (Fsp3) is 0.400. The van der Waals surface area contributed by atoms with Crippen LogP contribution in [-0.2, 0) is 10.2 Å². The maximum atomic E-state index is 11.9. The van der Waals surface area contributed by atoms with Gasteiger partial charge in [0, 0.05) is 13.1 Å². The average molecular weight is 323 g/mol. The molecule has 1 aromatic rings. The van der Waals surface area contributed by atoms with Crippen molar-refractivity contribution in [1.82, 2.24) is 4.31 Å². The molecule has 0 heterocycles. The molecule has 0 radical (unpaired) electrons. The van der Waals surface area contributed by atoms with Crippen LogP contribution in [0.3, 0.4) is 0 Å². The Kier molecular flexibility index (Phi) is 4.79. The predicted octanol–water partition coefficient (Wildman–Crippen LogP) is 2.15. The second kappa shape index (κ2) is 5.70. The van der Waals surface area contributed by atoms with Crippen molar-refractivity contribution in [2.45, 2.75) is 13.8 Å². The molecule has 96 valence electrons. The summed E-state index contributed by atoms with van der Waals surface area (Å²) in [6.45, 7) is 4.26. The van der Waals surface area contributed by atoms with E-state index in [1.54, 1.807) is 26.0 Å². The van der Waals surface area contributed by atoms with Gasteiger partial charge in [-0.3, -0.25) is 4.72 Å². The summed E-state index contributed by atoms with van der Waals surface area (Å²) < 4.78 is 27.9. The zero-order valence-electron chi connectivity index (χ0n) is 9.64. The molecule has 0 spiro atoms. The van der Waals surface area contributed by atoms with E-state index in [1.807, 2.05) is 0 Å². The Morgan fingerprint density at radius 1 is 1.35 bits per heavy atom. The van der Waals surface area contributed by atoms with Crippen LogP contribution in [0.5, 0.6) is 5.75 Å². The summed E-state index contributed by atoms with van der Waals surface area (Å²) in [4.78, 5) is 0. The lowest BCUT2D eigenvalue weighted by atomic mass is 10.3. The first-order valence-corrected chi connectivity index (χ1v) is 7.41. The molecule has 0 saturated heterocycles. The fourth-order valence-corrected chi connectivity index (χ4v) is 2.98. The van der Waals surface area contributed by atoms with E-state index in [9.17, 15) is 13.5 Å². The largest absolute Gasteiger partial charge is 0.505 e. The quantitative estimate of drug-likeness (QED) is 0.816. The zero-order chi connectivity index (χ0) is 13.1. The molecule has 0 unspecified atom stereocenters. The van der Waals surface area contributed by atoms with Gasteiger partial charge in [0.2, 0.25) is 0 Å². The number of nitrogens with one attached hydrogen (secondary N) is 1. The third kappa shape index (κ3) is 3.34. The fourth-order valence-electron chi connectivity index (χ4n) is 1.36. The standard InChI is InChI=1S/C10H15BrN2O3S/c1-3-13(4-2)17(15,16)12-9-7-5-6-8(11)10(9)14/h5-7,12,14H,3-4H2,1-2H3. The van der Waals surface area contributed by atoms with E-state index in [4.69, 9.17) is 0 Å². The van der Waals surface area contributed by atoms with Crippen LogP contribution in [0.2, 0.25) is 0 Å².